The first-order valence-electron chi connectivity index (χ1n) is 13.5. The lowest BCUT2D eigenvalue weighted by Crippen LogP contribution is -2.40. The normalized spacial score (nSPS) is 26.4. The van der Waals surface area contributed by atoms with Crippen LogP contribution in [-0.4, -0.2) is 22.5 Å². The number of carbonyl (C=O) groups excluding carboxylic acids is 2. The number of rotatable bonds is 5. The molecule has 1 fully saturated rings. The molecule has 0 bridgehead atoms. The van der Waals surface area contributed by atoms with Gasteiger partial charge in [0.25, 0.3) is 0 Å². The number of hydrogen-bond acceptors (Lipinski definition) is 4. The second-order valence-electron chi connectivity index (χ2n) is 12.2. The summed E-state index contributed by atoms with van der Waals surface area (Å²) in [6, 6.07) is 7.93. The number of halogens is 1. The van der Waals surface area contributed by atoms with Crippen molar-refractivity contribution in [2.45, 2.75) is 84.2 Å². The Morgan fingerprint density at radius 1 is 1.16 bits per heavy atom. The van der Waals surface area contributed by atoms with E-state index in [4.69, 9.17) is 4.74 Å². The summed E-state index contributed by atoms with van der Waals surface area (Å²) in [5.41, 5.74) is 5.20. The number of aromatic nitrogens is 1. The fourth-order valence-electron chi connectivity index (χ4n) is 7.07. The largest absolute Gasteiger partial charge is 0.460 e. The molecule has 2 aromatic rings. The molecule has 6 heteroatoms. The predicted molar refractivity (Wildman–Crippen MR) is 142 cm³/mol. The third-order valence-corrected chi connectivity index (χ3v) is 8.58. The molecule has 1 aromatic heterocycles. The zero-order valence-electron chi connectivity index (χ0n) is 22.3. The van der Waals surface area contributed by atoms with E-state index in [0.29, 0.717) is 17.8 Å². The van der Waals surface area contributed by atoms with Gasteiger partial charge < -0.3 is 10.1 Å². The van der Waals surface area contributed by atoms with Gasteiger partial charge >= 0.3 is 5.97 Å². The molecule has 1 amide bonds. The van der Waals surface area contributed by atoms with Crippen LogP contribution in [0.5, 0.6) is 0 Å². The first-order valence-corrected chi connectivity index (χ1v) is 13.5. The quantitative estimate of drug-likeness (QED) is 0.453. The number of fused-ring (bicyclic) bond motifs is 5. The highest BCUT2D eigenvalue weighted by molar-refractivity contribution is 5.92. The molecule has 3 aliphatic carbocycles. The van der Waals surface area contributed by atoms with E-state index < -0.39 is 5.60 Å². The highest BCUT2D eigenvalue weighted by atomic mass is 19.1. The second-order valence-corrected chi connectivity index (χ2v) is 12.2. The number of esters is 1. The number of nitrogens with zero attached hydrogens (tertiary/aromatic N) is 1. The average molecular weight is 505 g/mol. The van der Waals surface area contributed by atoms with Crippen molar-refractivity contribution in [3.8, 4) is 0 Å². The first-order chi connectivity index (χ1) is 17.5. The third-order valence-electron chi connectivity index (χ3n) is 8.58. The van der Waals surface area contributed by atoms with E-state index in [1.54, 1.807) is 12.3 Å². The van der Waals surface area contributed by atoms with Gasteiger partial charge in [0.1, 0.15) is 11.4 Å². The lowest BCUT2D eigenvalue weighted by molar-refractivity contribution is -0.155. The summed E-state index contributed by atoms with van der Waals surface area (Å²) in [4.78, 5) is 28.5. The van der Waals surface area contributed by atoms with Crippen molar-refractivity contribution in [3.63, 3.8) is 0 Å². The van der Waals surface area contributed by atoms with Gasteiger partial charge in [0, 0.05) is 18.3 Å². The summed E-state index contributed by atoms with van der Waals surface area (Å²) in [5, 5.41) is 2.96. The van der Waals surface area contributed by atoms with Crippen LogP contribution in [0.1, 0.15) is 88.8 Å². The van der Waals surface area contributed by atoms with E-state index in [9.17, 15) is 14.0 Å². The van der Waals surface area contributed by atoms with Crippen molar-refractivity contribution < 1.29 is 18.7 Å². The number of benzene rings is 1. The maximum absolute atomic E-state index is 13.9. The number of amides is 1. The molecular weight excluding hydrogens is 467 g/mol. The Labute approximate surface area is 218 Å². The van der Waals surface area contributed by atoms with Crippen LogP contribution in [0, 0.1) is 23.1 Å². The molecule has 1 unspecified atom stereocenters. The summed E-state index contributed by atoms with van der Waals surface area (Å²) in [6.07, 6.45) is 10.9. The SMILES string of the molecule is CC(C)(C)OC(=O)CCC(=O)Nc1ccc2c(c1)CC[C@H]1C3CC=C(c4cncc(F)c4)[C@@]3(C)CC[C@H]21. The molecule has 0 aliphatic heterocycles. The van der Waals surface area contributed by atoms with Gasteiger partial charge in [-0.15, -0.1) is 0 Å². The Morgan fingerprint density at radius 2 is 1.97 bits per heavy atom. The summed E-state index contributed by atoms with van der Waals surface area (Å²) in [5.74, 6) is 0.835. The van der Waals surface area contributed by atoms with Crippen LogP contribution in [0.25, 0.3) is 5.57 Å². The smallest absolute Gasteiger partial charge is 0.306 e. The average Bonchev–Trinajstić information content (AvgIpc) is 3.18. The number of allylic oxidation sites excluding steroid dienone is 2. The molecule has 5 rings (SSSR count). The van der Waals surface area contributed by atoms with E-state index in [1.165, 1.54) is 22.9 Å². The number of aryl methyl sites for hydroxylation is 1. The molecule has 1 heterocycles. The number of anilines is 1. The highest BCUT2D eigenvalue weighted by Crippen LogP contribution is 2.63. The number of ether oxygens (including phenoxy) is 1. The van der Waals surface area contributed by atoms with Crippen LogP contribution in [0.2, 0.25) is 0 Å². The predicted octanol–water partition coefficient (Wildman–Crippen LogP) is 6.83. The lowest BCUT2D eigenvalue weighted by Gasteiger charge is -2.50. The van der Waals surface area contributed by atoms with E-state index >= 15 is 0 Å². The van der Waals surface area contributed by atoms with Gasteiger partial charge in [-0.3, -0.25) is 14.6 Å². The summed E-state index contributed by atoms with van der Waals surface area (Å²) in [7, 11) is 0. The molecule has 0 radical (unpaired) electrons. The van der Waals surface area contributed by atoms with Crippen LogP contribution >= 0.6 is 0 Å². The molecule has 0 spiro atoms. The van der Waals surface area contributed by atoms with Crippen LogP contribution < -0.4 is 5.32 Å². The van der Waals surface area contributed by atoms with Crippen LogP contribution in [0.4, 0.5) is 10.1 Å². The fraction of sp³-hybridized carbons (Fsp3) is 0.516. The summed E-state index contributed by atoms with van der Waals surface area (Å²) in [6.45, 7) is 7.82. The molecule has 196 valence electrons. The monoisotopic (exact) mass is 504 g/mol. The van der Waals surface area contributed by atoms with E-state index in [-0.39, 0.29) is 36.0 Å². The Hall–Kier alpha value is -3.02. The molecular formula is C31H37FN2O3. The number of nitrogens with one attached hydrogen (secondary N) is 1. The fourth-order valence-corrected chi connectivity index (χ4v) is 7.07. The molecule has 0 saturated heterocycles. The van der Waals surface area contributed by atoms with E-state index in [1.807, 2.05) is 26.8 Å². The Bertz CT molecular complexity index is 1250. The first kappa shape index (κ1) is 25.6. The zero-order chi connectivity index (χ0) is 26.4. The Balaban J connectivity index is 1.25. The Morgan fingerprint density at radius 3 is 2.73 bits per heavy atom. The molecule has 3 aliphatic rings. The summed E-state index contributed by atoms with van der Waals surface area (Å²) < 4.78 is 19.2. The summed E-state index contributed by atoms with van der Waals surface area (Å²) >= 11 is 0. The van der Waals surface area contributed by atoms with Crippen LogP contribution in [0.15, 0.2) is 42.7 Å². The maximum atomic E-state index is 13.9. The maximum Gasteiger partial charge on any atom is 0.306 e. The van der Waals surface area contributed by atoms with Crippen molar-refractivity contribution in [1.82, 2.24) is 4.98 Å². The van der Waals surface area contributed by atoms with Gasteiger partial charge in [-0.1, -0.05) is 19.1 Å². The molecule has 1 saturated carbocycles. The zero-order valence-corrected chi connectivity index (χ0v) is 22.3. The van der Waals surface area contributed by atoms with Gasteiger partial charge in [-0.05, 0) is 117 Å². The van der Waals surface area contributed by atoms with Gasteiger partial charge in [-0.25, -0.2) is 4.39 Å². The van der Waals surface area contributed by atoms with Gasteiger partial charge in [-0.2, -0.15) is 0 Å². The second kappa shape index (κ2) is 9.70. The van der Waals surface area contributed by atoms with E-state index in [0.717, 1.165) is 43.4 Å². The van der Waals surface area contributed by atoms with Crippen LogP contribution in [0.3, 0.4) is 0 Å². The van der Waals surface area contributed by atoms with Gasteiger partial charge in [0.05, 0.1) is 12.6 Å². The van der Waals surface area contributed by atoms with Crippen molar-refractivity contribution >= 4 is 23.1 Å². The topological polar surface area (TPSA) is 68.3 Å². The van der Waals surface area contributed by atoms with Gasteiger partial charge in [0.2, 0.25) is 5.91 Å². The minimum Gasteiger partial charge on any atom is -0.460 e. The van der Waals surface area contributed by atoms with E-state index in [2.05, 4.69) is 35.4 Å². The molecule has 1 aromatic carbocycles. The van der Waals surface area contributed by atoms with Crippen molar-refractivity contribution in [2.75, 3.05) is 5.32 Å². The number of carbonyl (C=O) groups is 2. The highest BCUT2D eigenvalue weighted by Gasteiger charge is 2.52. The standard InChI is InChI=1S/C31H37FN2O3/c1-30(2,3)37-29(36)12-11-28(35)34-22-6-8-23-19(16-22)5-7-25-24(23)13-14-31(4)26(9-10-27(25)31)20-15-21(32)18-33-17-20/h6,8-9,15-18,24-25,27H,5,7,10-14H2,1-4H3,(H,34,35)/t24-,25-,27?,31-/m1/s1. The number of hydrogen-bond donors (Lipinski definition) is 1. The van der Waals surface area contributed by atoms with Gasteiger partial charge in [0.15, 0.2) is 0 Å². The minimum atomic E-state index is -0.548. The molecule has 1 N–H and O–H groups in total. The number of pyridine rings is 1. The third kappa shape index (κ3) is 5.21. The Kier molecular flexibility index (Phi) is 6.71. The molecule has 5 nitrogen and oxygen atoms in total. The minimum absolute atomic E-state index is 0.0518. The molecule has 4 atom stereocenters. The van der Waals surface area contributed by atoms with Crippen LogP contribution in [-0.2, 0) is 20.7 Å². The van der Waals surface area contributed by atoms with Crippen molar-refractivity contribution in [1.29, 1.82) is 0 Å². The van der Waals surface area contributed by atoms with Crippen molar-refractivity contribution in [3.05, 3.63) is 65.2 Å². The lowest BCUT2D eigenvalue weighted by atomic mass is 9.54. The molecule has 37 heavy (non-hydrogen) atoms. The van der Waals surface area contributed by atoms with Crippen molar-refractivity contribution in [2.24, 2.45) is 17.3 Å².